The van der Waals surface area contributed by atoms with Gasteiger partial charge in [-0.25, -0.2) is 0 Å². The average molecular weight is 265 g/mol. The predicted molar refractivity (Wildman–Crippen MR) is 79.7 cm³/mol. The maximum Gasteiger partial charge on any atom is 0.161 e. The quantitative estimate of drug-likeness (QED) is 0.854. The smallest absolute Gasteiger partial charge is 0.161 e. The highest BCUT2D eigenvalue weighted by Gasteiger charge is 2.32. The lowest BCUT2D eigenvalue weighted by Crippen LogP contribution is -2.47. The summed E-state index contributed by atoms with van der Waals surface area (Å²) in [6.07, 6.45) is 0.845. The van der Waals surface area contributed by atoms with Gasteiger partial charge < -0.3 is 15.2 Å². The van der Waals surface area contributed by atoms with Crippen LogP contribution in [0, 0.1) is 5.41 Å². The molecule has 2 N–H and O–H groups in total. The van der Waals surface area contributed by atoms with E-state index in [4.69, 9.17) is 15.2 Å². The first kappa shape index (κ1) is 15.8. The lowest BCUT2D eigenvalue weighted by Gasteiger charge is -2.35. The Morgan fingerprint density at radius 2 is 1.68 bits per heavy atom. The predicted octanol–water partition coefficient (Wildman–Crippen LogP) is 3.62. The monoisotopic (exact) mass is 265 g/mol. The molecule has 0 aliphatic heterocycles. The third kappa shape index (κ3) is 4.43. The minimum atomic E-state index is -0.0425. The van der Waals surface area contributed by atoms with Crippen molar-refractivity contribution in [2.45, 2.75) is 53.2 Å². The van der Waals surface area contributed by atoms with Crippen LogP contribution in [0.25, 0.3) is 0 Å². The van der Waals surface area contributed by atoms with Gasteiger partial charge in [0.1, 0.15) is 6.10 Å². The normalized spacial score (nSPS) is 14.8. The van der Waals surface area contributed by atoms with E-state index >= 15 is 0 Å². The van der Waals surface area contributed by atoms with E-state index in [9.17, 15) is 0 Å². The van der Waals surface area contributed by atoms with Crippen LogP contribution in [0.2, 0.25) is 0 Å². The summed E-state index contributed by atoms with van der Waals surface area (Å²) in [6, 6.07) is 7.77. The molecule has 0 heterocycles. The second kappa shape index (κ2) is 6.80. The van der Waals surface area contributed by atoms with Crippen molar-refractivity contribution < 1.29 is 9.47 Å². The number of ether oxygens (including phenoxy) is 2. The number of hydrogen-bond acceptors (Lipinski definition) is 3. The van der Waals surface area contributed by atoms with Crippen molar-refractivity contribution in [3.05, 3.63) is 24.3 Å². The molecule has 0 radical (unpaired) electrons. The van der Waals surface area contributed by atoms with E-state index in [0.29, 0.717) is 6.61 Å². The fourth-order valence-corrected chi connectivity index (χ4v) is 2.08. The van der Waals surface area contributed by atoms with Gasteiger partial charge in [-0.1, -0.05) is 39.8 Å². The molecule has 1 aromatic rings. The molecule has 19 heavy (non-hydrogen) atoms. The summed E-state index contributed by atoms with van der Waals surface area (Å²) in [7, 11) is 0. The van der Waals surface area contributed by atoms with Gasteiger partial charge in [0.05, 0.1) is 6.61 Å². The van der Waals surface area contributed by atoms with Crippen molar-refractivity contribution in [1.29, 1.82) is 0 Å². The van der Waals surface area contributed by atoms with Crippen LogP contribution in [0.1, 0.15) is 41.0 Å². The Bertz CT molecular complexity index is 385. The molecule has 3 nitrogen and oxygen atoms in total. The summed E-state index contributed by atoms with van der Waals surface area (Å²) in [5.74, 6) is 1.55. The summed E-state index contributed by atoms with van der Waals surface area (Å²) in [4.78, 5) is 0. The Morgan fingerprint density at radius 3 is 2.16 bits per heavy atom. The van der Waals surface area contributed by atoms with E-state index in [2.05, 4.69) is 27.7 Å². The summed E-state index contributed by atoms with van der Waals surface area (Å²) in [6.45, 7) is 11.1. The van der Waals surface area contributed by atoms with Gasteiger partial charge in [-0.05, 0) is 25.5 Å². The van der Waals surface area contributed by atoms with Crippen LogP contribution < -0.4 is 15.2 Å². The highest BCUT2D eigenvalue weighted by Crippen LogP contribution is 2.33. The molecular formula is C16H27NO2. The SMILES string of the molecule is CCOc1ccccc1OC(C(N)CC)C(C)(C)C. The first-order valence-electron chi connectivity index (χ1n) is 7.04. The molecule has 0 saturated carbocycles. The van der Waals surface area contributed by atoms with Crippen molar-refractivity contribution >= 4 is 0 Å². The van der Waals surface area contributed by atoms with Crippen LogP contribution >= 0.6 is 0 Å². The van der Waals surface area contributed by atoms with Gasteiger partial charge in [0.15, 0.2) is 11.5 Å². The lowest BCUT2D eigenvalue weighted by atomic mass is 9.84. The van der Waals surface area contributed by atoms with Gasteiger partial charge in [-0.15, -0.1) is 0 Å². The number of benzene rings is 1. The van der Waals surface area contributed by atoms with E-state index in [1.54, 1.807) is 0 Å². The van der Waals surface area contributed by atoms with Gasteiger partial charge in [-0.3, -0.25) is 0 Å². The van der Waals surface area contributed by atoms with Gasteiger partial charge in [0.2, 0.25) is 0 Å². The molecule has 3 heteroatoms. The number of rotatable bonds is 6. The van der Waals surface area contributed by atoms with E-state index in [1.807, 2.05) is 31.2 Å². The molecule has 2 unspecified atom stereocenters. The van der Waals surface area contributed by atoms with E-state index in [0.717, 1.165) is 17.9 Å². The van der Waals surface area contributed by atoms with Crippen LogP contribution in [-0.4, -0.2) is 18.8 Å². The molecule has 0 fully saturated rings. The summed E-state index contributed by atoms with van der Waals surface area (Å²) in [5.41, 5.74) is 6.19. The van der Waals surface area contributed by atoms with E-state index in [-0.39, 0.29) is 17.6 Å². The number of hydrogen-bond donors (Lipinski definition) is 1. The van der Waals surface area contributed by atoms with Crippen molar-refractivity contribution in [3.63, 3.8) is 0 Å². The van der Waals surface area contributed by atoms with E-state index in [1.165, 1.54) is 0 Å². The van der Waals surface area contributed by atoms with Gasteiger partial charge in [0, 0.05) is 11.5 Å². The molecule has 0 amide bonds. The zero-order valence-electron chi connectivity index (χ0n) is 12.8. The molecule has 2 atom stereocenters. The minimum absolute atomic E-state index is 0.00897. The summed E-state index contributed by atoms with van der Waals surface area (Å²) < 4.78 is 11.8. The van der Waals surface area contributed by atoms with Crippen molar-refractivity contribution in [3.8, 4) is 11.5 Å². The summed E-state index contributed by atoms with van der Waals surface area (Å²) >= 11 is 0. The minimum Gasteiger partial charge on any atom is -0.490 e. The highest BCUT2D eigenvalue weighted by molar-refractivity contribution is 5.39. The average Bonchev–Trinajstić information content (AvgIpc) is 2.35. The third-order valence-electron chi connectivity index (χ3n) is 3.12. The van der Waals surface area contributed by atoms with E-state index < -0.39 is 0 Å². The second-order valence-electron chi connectivity index (χ2n) is 5.86. The zero-order valence-corrected chi connectivity index (χ0v) is 12.8. The molecular weight excluding hydrogens is 238 g/mol. The van der Waals surface area contributed by atoms with Crippen LogP contribution in [0.15, 0.2) is 24.3 Å². The fraction of sp³-hybridized carbons (Fsp3) is 0.625. The number of para-hydroxylation sites is 2. The molecule has 0 aliphatic carbocycles. The molecule has 0 spiro atoms. The fourth-order valence-electron chi connectivity index (χ4n) is 2.08. The Hall–Kier alpha value is -1.22. The Balaban J connectivity index is 2.96. The Kier molecular flexibility index (Phi) is 5.67. The number of nitrogens with two attached hydrogens (primary N) is 1. The van der Waals surface area contributed by atoms with Crippen molar-refractivity contribution in [2.24, 2.45) is 11.1 Å². The first-order valence-corrected chi connectivity index (χ1v) is 7.04. The maximum absolute atomic E-state index is 6.21. The molecule has 108 valence electrons. The molecule has 0 aromatic heterocycles. The maximum atomic E-state index is 6.21. The van der Waals surface area contributed by atoms with Gasteiger partial charge in [0.25, 0.3) is 0 Å². The first-order chi connectivity index (χ1) is 8.90. The highest BCUT2D eigenvalue weighted by atomic mass is 16.5. The van der Waals surface area contributed by atoms with Crippen molar-refractivity contribution in [1.82, 2.24) is 0 Å². The topological polar surface area (TPSA) is 44.5 Å². The lowest BCUT2D eigenvalue weighted by molar-refractivity contribution is 0.0591. The molecule has 1 rings (SSSR count). The van der Waals surface area contributed by atoms with Crippen molar-refractivity contribution in [2.75, 3.05) is 6.61 Å². The van der Waals surface area contributed by atoms with Gasteiger partial charge in [-0.2, -0.15) is 0 Å². The second-order valence-corrected chi connectivity index (χ2v) is 5.86. The largest absolute Gasteiger partial charge is 0.490 e. The molecule has 0 saturated heterocycles. The van der Waals surface area contributed by atoms with Crippen LogP contribution in [0.5, 0.6) is 11.5 Å². The van der Waals surface area contributed by atoms with Crippen LogP contribution in [0.4, 0.5) is 0 Å². The molecule has 0 aliphatic rings. The Morgan fingerprint density at radius 1 is 1.11 bits per heavy atom. The standard InChI is InChI=1S/C16H27NO2/c1-6-12(17)15(16(3,4)5)19-14-11-9-8-10-13(14)18-7-2/h8-12,15H,6-7,17H2,1-5H3. The third-order valence-corrected chi connectivity index (χ3v) is 3.12. The molecule has 0 bridgehead atoms. The molecule has 1 aromatic carbocycles. The van der Waals surface area contributed by atoms with Crippen LogP contribution in [-0.2, 0) is 0 Å². The zero-order chi connectivity index (χ0) is 14.5. The Labute approximate surface area is 117 Å². The van der Waals surface area contributed by atoms with Gasteiger partial charge >= 0.3 is 0 Å². The van der Waals surface area contributed by atoms with Crippen LogP contribution in [0.3, 0.4) is 0 Å². The summed E-state index contributed by atoms with van der Waals surface area (Å²) in [5, 5.41) is 0.